The first-order chi connectivity index (χ1) is 9.21. The van der Waals surface area contributed by atoms with E-state index in [4.69, 9.17) is 4.74 Å². The van der Waals surface area contributed by atoms with E-state index in [-0.39, 0.29) is 5.41 Å². The van der Waals surface area contributed by atoms with Crippen LogP contribution >= 0.6 is 0 Å². The minimum absolute atomic E-state index is 0.175. The van der Waals surface area contributed by atoms with Gasteiger partial charge in [0, 0.05) is 25.6 Å². The first-order valence-corrected chi connectivity index (χ1v) is 7.09. The highest BCUT2D eigenvalue weighted by atomic mass is 16.5. The summed E-state index contributed by atoms with van der Waals surface area (Å²) < 4.78 is 5.07. The van der Waals surface area contributed by atoms with Gasteiger partial charge in [0.05, 0.1) is 6.61 Å². The Bertz CT molecular complexity index is 403. The molecule has 19 heavy (non-hydrogen) atoms. The van der Waals surface area contributed by atoms with Gasteiger partial charge in [-0.2, -0.15) is 0 Å². The predicted octanol–water partition coefficient (Wildman–Crippen LogP) is 3.22. The summed E-state index contributed by atoms with van der Waals surface area (Å²) in [4.78, 5) is 0. The molecule has 0 aromatic heterocycles. The summed E-state index contributed by atoms with van der Waals surface area (Å²) in [6.45, 7) is 9.01. The minimum Gasteiger partial charge on any atom is -0.383 e. The lowest BCUT2D eigenvalue weighted by molar-refractivity contribution is 0.194. The van der Waals surface area contributed by atoms with Crippen LogP contribution in [0.1, 0.15) is 24.8 Å². The number of hydrogen-bond donors (Lipinski definition) is 1. The first-order valence-electron chi connectivity index (χ1n) is 7.09. The Morgan fingerprint density at radius 3 is 2.79 bits per heavy atom. The number of methoxy groups -OCH3 is 1. The van der Waals surface area contributed by atoms with E-state index in [9.17, 15) is 0 Å². The van der Waals surface area contributed by atoms with Gasteiger partial charge in [0.15, 0.2) is 0 Å². The maximum atomic E-state index is 5.07. The molecule has 1 aliphatic carbocycles. The maximum Gasteiger partial charge on any atom is 0.0587 e. The zero-order chi connectivity index (χ0) is 13.7. The van der Waals surface area contributed by atoms with Crippen LogP contribution < -0.4 is 5.32 Å². The lowest BCUT2D eigenvalue weighted by atomic mass is 9.83. The molecule has 1 N–H and O–H groups in total. The Balaban J connectivity index is 1.90. The van der Waals surface area contributed by atoms with E-state index in [1.54, 1.807) is 7.11 Å². The number of nitrogens with one attached hydrogen (secondary N) is 1. The normalized spacial score (nSPS) is 24.7. The third-order valence-electron chi connectivity index (χ3n) is 4.32. The van der Waals surface area contributed by atoms with E-state index >= 15 is 0 Å². The molecule has 1 aliphatic rings. The molecule has 0 spiro atoms. The van der Waals surface area contributed by atoms with Crippen LogP contribution in [0, 0.1) is 11.3 Å². The minimum atomic E-state index is 0.175. The fourth-order valence-electron chi connectivity index (χ4n) is 2.88. The van der Waals surface area contributed by atoms with Gasteiger partial charge in [-0.05, 0) is 23.8 Å². The molecule has 1 fully saturated rings. The highest BCUT2D eigenvalue weighted by Gasteiger charge is 2.48. The van der Waals surface area contributed by atoms with Crippen LogP contribution in [0.2, 0.25) is 0 Å². The molecule has 1 aromatic rings. The summed E-state index contributed by atoms with van der Waals surface area (Å²) >= 11 is 0. The third kappa shape index (κ3) is 3.46. The fourth-order valence-corrected chi connectivity index (χ4v) is 2.88. The van der Waals surface area contributed by atoms with Crippen molar-refractivity contribution in [3.8, 4) is 0 Å². The molecule has 3 atom stereocenters. The van der Waals surface area contributed by atoms with Crippen LogP contribution in [-0.2, 0) is 4.74 Å². The summed E-state index contributed by atoms with van der Waals surface area (Å²) in [5.74, 6) is 1.41. The van der Waals surface area contributed by atoms with Crippen molar-refractivity contribution in [2.75, 3.05) is 26.8 Å². The molecule has 0 heterocycles. The zero-order valence-electron chi connectivity index (χ0n) is 12.1. The molecule has 3 unspecified atom stereocenters. The molecule has 0 amide bonds. The molecule has 0 aliphatic heterocycles. The Kier molecular flexibility index (Phi) is 4.78. The quantitative estimate of drug-likeness (QED) is 0.572. The molecule has 2 nitrogen and oxygen atoms in total. The first kappa shape index (κ1) is 14.3. The lowest BCUT2D eigenvalue weighted by Gasteiger charge is -2.27. The van der Waals surface area contributed by atoms with Gasteiger partial charge in [-0.3, -0.25) is 0 Å². The van der Waals surface area contributed by atoms with Gasteiger partial charge < -0.3 is 10.1 Å². The molecule has 2 rings (SSSR count). The Labute approximate surface area is 116 Å². The molecular weight excluding hydrogens is 234 g/mol. The summed E-state index contributed by atoms with van der Waals surface area (Å²) in [6, 6.07) is 10.8. The highest BCUT2D eigenvalue weighted by Crippen LogP contribution is 2.57. The van der Waals surface area contributed by atoms with Gasteiger partial charge in [0.1, 0.15) is 0 Å². The van der Waals surface area contributed by atoms with Gasteiger partial charge >= 0.3 is 0 Å². The van der Waals surface area contributed by atoms with Gasteiger partial charge in [-0.25, -0.2) is 0 Å². The predicted molar refractivity (Wildman–Crippen MR) is 80.3 cm³/mol. The topological polar surface area (TPSA) is 21.3 Å². The van der Waals surface area contributed by atoms with Gasteiger partial charge in [-0.1, -0.05) is 43.3 Å². The maximum absolute atomic E-state index is 5.07. The molecule has 1 saturated carbocycles. The van der Waals surface area contributed by atoms with Crippen LogP contribution in [0.3, 0.4) is 0 Å². The average molecular weight is 259 g/mol. The average Bonchev–Trinajstić information content (AvgIpc) is 3.25. The van der Waals surface area contributed by atoms with Crippen LogP contribution in [0.15, 0.2) is 43.0 Å². The second-order valence-electron chi connectivity index (χ2n) is 5.74. The molecule has 0 saturated heterocycles. The van der Waals surface area contributed by atoms with Crippen LogP contribution in [0.5, 0.6) is 0 Å². The van der Waals surface area contributed by atoms with Crippen molar-refractivity contribution in [3.63, 3.8) is 0 Å². The van der Waals surface area contributed by atoms with Gasteiger partial charge in [-0.15, -0.1) is 6.58 Å². The molecular formula is C17H25NO. The number of ether oxygens (including phenoxy) is 1. The highest BCUT2D eigenvalue weighted by molar-refractivity contribution is 5.28. The van der Waals surface area contributed by atoms with Crippen LogP contribution in [0.25, 0.3) is 0 Å². The monoisotopic (exact) mass is 259 g/mol. The molecule has 1 aromatic carbocycles. The standard InChI is InChI=1S/C17H25NO/c1-4-17(2,13-18-10-11-19-3)16-12-15(16)14-8-6-5-7-9-14/h4-9,15-16,18H,1,10-13H2,2-3H3. The molecule has 104 valence electrons. The smallest absolute Gasteiger partial charge is 0.0587 e. The van der Waals surface area contributed by atoms with E-state index in [0.717, 1.165) is 19.7 Å². The third-order valence-corrected chi connectivity index (χ3v) is 4.32. The second kappa shape index (κ2) is 6.36. The molecule has 2 heteroatoms. The number of hydrogen-bond acceptors (Lipinski definition) is 2. The van der Waals surface area contributed by atoms with Crippen LogP contribution in [0.4, 0.5) is 0 Å². The van der Waals surface area contributed by atoms with E-state index < -0.39 is 0 Å². The Hall–Kier alpha value is -1.12. The van der Waals surface area contributed by atoms with Crippen molar-refractivity contribution in [3.05, 3.63) is 48.6 Å². The largest absolute Gasteiger partial charge is 0.383 e. The van der Waals surface area contributed by atoms with E-state index in [0.29, 0.717) is 11.8 Å². The summed E-state index contributed by atoms with van der Waals surface area (Å²) in [5.41, 5.74) is 1.64. The van der Waals surface area contributed by atoms with Gasteiger partial charge in [0.25, 0.3) is 0 Å². The van der Waals surface area contributed by atoms with Crippen molar-refractivity contribution in [2.24, 2.45) is 11.3 Å². The van der Waals surface area contributed by atoms with E-state index in [1.807, 2.05) is 0 Å². The fraction of sp³-hybridized carbons (Fsp3) is 0.529. The van der Waals surface area contributed by atoms with Crippen molar-refractivity contribution in [2.45, 2.75) is 19.3 Å². The summed E-state index contributed by atoms with van der Waals surface area (Å²) in [7, 11) is 1.74. The number of rotatable bonds is 8. The van der Waals surface area contributed by atoms with E-state index in [1.165, 1.54) is 12.0 Å². The second-order valence-corrected chi connectivity index (χ2v) is 5.74. The van der Waals surface area contributed by atoms with Gasteiger partial charge in [0.2, 0.25) is 0 Å². The van der Waals surface area contributed by atoms with E-state index in [2.05, 4.69) is 55.2 Å². The number of benzene rings is 1. The van der Waals surface area contributed by atoms with Crippen LogP contribution in [-0.4, -0.2) is 26.8 Å². The SMILES string of the molecule is C=CC(C)(CNCCOC)C1CC1c1ccccc1. The van der Waals surface area contributed by atoms with Crippen molar-refractivity contribution < 1.29 is 4.74 Å². The summed E-state index contributed by atoms with van der Waals surface area (Å²) in [6.07, 6.45) is 3.40. The molecule has 0 radical (unpaired) electrons. The van der Waals surface area contributed by atoms with Crippen molar-refractivity contribution >= 4 is 0 Å². The zero-order valence-corrected chi connectivity index (χ0v) is 12.1. The summed E-state index contributed by atoms with van der Waals surface area (Å²) in [5, 5.41) is 3.47. The Morgan fingerprint density at radius 2 is 2.16 bits per heavy atom. The Morgan fingerprint density at radius 1 is 1.42 bits per heavy atom. The van der Waals surface area contributed by atoms with Crippen molar-refractivity contribution in [1.29, 1.82) is 0 Å². The van der Waals surface area contributed by atoms with Crippen molar-refractivity contribution in [1.82, 2.24) is 5.32 Å². The lowest BCUT2D eigenvalue weighted by Crippen LogP contribution is -2.34. The molecule has 0 bridgehead atoms.